The zero-order valence-electron chi connectivity index (χ0n) is 11.8. The van der Waals surface area contributed by atoms with Crippen LogP contribution in [0.1, 0.15) is 29.7 Å². The summed E-state index contributed by atoms with van der Waals surface area (Å²) in [4.78, 5) is 0. The maximum absolute atomic E-state index is 14.0. The summed E-state index contributed by atoms with van der Waals surface area (Å²) in [7, 11) is 1.43. The van der Waals surface area contributed by atoms with Crippen LogP contribution in [-0.4, -0.2) is 12.2 Å². The molecule has 0 spiro atoms. The lowest BCUT2D eigenvalue weighted by Crippen LogP contribution is -2.04. The van der Waals surface area contributed by atoms with Gasteiger partial charge in [0.05, 0.1) is 13.2 Å². The van der Waals surface area contributed by atoms with E-state index in [1.54, 1.807) is 18.2 Å². The summed E-state index contributed by atoms with van der Waals surface area (Å²) in [6.07, 6.45) is 0.470. The number of benzene rings is 2. The molecule has 106 valence electrons. The number of aliphatic hydroxyl groups is 1. The van der Waals surface area contributed by atoms with E-state index in [1.165, 1.54) is 12.7 Å². The highest BCUT2D eigenvalue weighted by molar-refractivity contribution is 5.33. The van der Waals surface area contributed by atoms with Gasteiger partial charge >= 0.3 is 0 Å². The van der Waals surface area contributed by atoms with Crippen molar-refractivity contribution < 1.29 is 14.2 Å². The highest BCUT2D eigenvalue weighted by Gasteiger charge is 2.14. The highest BCUT2D eigenvalue weighted by atomic mass is 19.1. The summed E-state index contributed by atoms with van der Waals surface area (Å²) in [6.45, 7) is 2.08. The average Bonchev–Trinajstić information content (AvgIpc) is 2.49. The number of ether oxygens (including phenoxy) is 1. The van der Waals surface area contributed by atoms with E-state index in [9.17, 15) is 9.50 Å². The van der Waals surface area contributed by atoms with Crippen LogP contribution in [0, 0.1) is 5.82 Å². The molecule has 3 heteroatoms. The van der Waals surface area contributed by atoms with Gasteiger partial charge in [0.15, 0.2) is 11.6 Å². The largest absolute Gasteiger partial charge is 0.494 e. The minimum Gasteiger partial charge on any atom is -0.494 e. The second kappa shape index (κ2) is 6.53. The van der Waals surface area contributed by atoms with Crippen molar-refractivity contribution in [1.29, 1.82) is 0 Å². The topological polar surface area (TPSA) is 29.5 Å². The van der Waals surface area contributed by atoms with Crippen molar-refractivity contribution in [3.63, 3.8) is 0 Å². The third-order valence-corrected chi connectivity index (χ3v) is 3.45. The molecule has 0 bridgehead atoms. The zero-order chi connectivity index (χ0) is 14.5. The van der Waals surface area contributed by atoms with Gasteiger partial charge in [-0.1, -0.05) is 43.3 Å². The molecule has 20 heavy (non-hydrogen) atoms. The number of aryl methyl sites for hydroxylation is 1. The Morgan fingerprint density at radius 2 is 1.85 bits per heavy atom. The number of rotatable bonds is 5. The van der Waals surface area contributed by atoms with Gasteiger partial charge in [-0.15, -0.1) is 0 Å². The Morgan fingerprint density at radius 1 is 1.15 bits per heavy atom. The highest BCUT2D eigenvalue weighted by Crippen LogP contribution is 2.25. The van der Waals surface area contributed by atoms with E-state index in [2.05, 4.69) is 6.92 Å². The van der Waals surface area contributed by atoms with E-state index >= 15 is 0 Å². The molecule has 0 radical (unpaired) electrons. The Morgan fingerprint density at radius 3 is 2.45 bits per heavy atom. The minimum absolute atomic E-state index is 0.205. The standard InChI is InChI=1S/C17H19FO2/c1-3-12-7-9-13(10-8-12)15(19)11-14-5-4-6-16(20-2)17(14)18/h4-10,15,19H,3,11H2,1-2H3. The maximum Gasteiger partial charge on any atom is 0.168 e. The van der Waals surface area contributed by atoms with E-state index in [1.807, 2.05) is 24.3 Å². The molecule has 2 aromatic carbocycles. The number of aliphatic hydroxyl groups excluding tert-OH is 1. The van der Waals surface area contributed by atoms with Gasteiger partial charge < -0.3 is 9.84 Å². The lowest BCUT2D eigenvalue weighted by molar-refractivity contribution is 0.177. The van der Waals surface area contributed by atoms with Gasteiger partial charge in [-0.25, -0.2) is 4.39 Å². The number of hydrogen-bond donors (Lipinski definition) is 1. The Bertz CT molecular complexity index is 564. The first-order chi connectivity index (χ1) is 9.65. The molecular weight excluding hydrogens is 255 g/mol. The smallest absolute Gasteiger partial charge is 0.168 e. The fourth-order valence-corrected chi connectivity index (χ4v) is 2.17. The van der Waals surface area contributed by atoms with Crippen LogP contribution in [0.4, 0.5) is 4.39 Å². The molecule has 2 rings (SSSR count). The van der Waals surface area contributed by atoms with Crippen molar-refractivity contribution in [3.05, 3.63) is 65.0 Å². The van der Waals surface area contributed by atoms with Gasteiger partial charge in [0.1, 0.15) is 0 Å². The Labute approximate surface area is 118 Å². The van der Waals surface area contributed by atoms with E-state index in [-0.39, 0.29) is 12.2 Å². The van der Waals surface area contributed by atoms with Crippen LogP contribution in [0.25, 0.3) is 0 Å². The van der Waals surface area contributed by atoms with Gasteiger partial charge in [-0.05, 0) is 29.2 Å². The molecule has 0 aliphatic heterocycles. The van der Waals surface area contributed by atoms with Crippen molar-refractivity contribution in [2.45, 2.75) is 25.9 Å². The predicted molar refractivity (Wildman–Crippen MR) is 77.4 cm³/mol. The van der Waals surface area contributed by atoms with Crippen molar-refractivity contribution in [3.8, 4) is 5.75 Å². The van der Waals surface area contributed by atoms with Crippen molar-refractivity contribution in [2.24, 2.45) is 0 Å². The Kier molecular flexibility index (Phi) is 4.74. The van der Waals surface area contributed by atoms with Gasteiger partial charge in [-0.3, -0.25) is 0 Å². The van der Waals surface area contributed by atoms with Crippen LogP contribution < -0.4 is 4.74 Å². The number of hydrogen-bond acceptors (Lipinski definition) is 2. The van der Waals surface area contributed by atoms with Gasteiger partial charge in [0, 0.05) is 6.42 Å². The molecule has 0 amide bonds. The van der Waals surface area contributed by atoms with Crippen LogP contribution in [-0.2, 0) is 12.8 Å². The quantitative estimate of drug-likeness (QED) is 0.901. The molecule has 2 aromatic rings. The van der Waals surface area contributed by atoms with E-state index < -0.39 is 11.9 Å². The van der Waals surface area contributed by atoms with Gasteiger partial charge in [0.2, 0.25) is 0 Å². The molecule has 0 aliphatic rings. The lowest BCUT2D eigenvalue weighted by atomic mass is 9.99. The Hall–Kier alpha value is -1.87. The Balaban J connectivity index is 2.16. The van der Waals surface area contributed by atoms with Crippen molar-refractivity contribution >= 4 is 0 Å². The molecule has 0 saturated heterocycles. The molecule has 0 saturated carbocycles. The molecule has 2 nitrogen and oxygen atoms in total. The first-order valence-corrected chi connectivity index (χ1v) is 6.74. The summed E-state index contributed by atoms with van der Waals surface area (Å²) in [5, 5.41) is 10.2. The first-order valence-electron chi connectivity index (χ1n) is 6.74. The normalized spacial score (nSPS) is 12.2. The fraction of sp³-hybridized carbons (Fsp3) is 0.294. The third-order valence-electron chi connectivity index (χ3n) is 3.45. The molecule has 1 unspecified atom stereocenters. The number of methoxy groups -OCH3 is 1. The van der Waals surface area contributed by atoms with Crippen LogP contribution in [0.3, 0.4) is 0 Å². The maximum atomic E-state index is 14.0. The third kappa shape index (κ3) is 3.17. The molecule has 1 N–H and O–H groups in total. The molecule has 0 fully saturated rings. The van der Waals surface area contributed by atoms with Crippen LogP contribution >= 0.6 is 0 Å². The van der Waals surface area contributed by atoms with Crippen LogP contribution in [0.2, 0.25) is 0 Å². The van der Waals surface area contributed by atoms with Crippen LogP contribution in [0.15, 0.2) is 42.5 Å². The van der Waals surface area contributed by atoms with Crippen molar-refractivity contribution in [1.82, 2.24) is 0 Å². The summed E-state index contributed by atoms with van der Waals surface area (Å²) < 4.78 is 19.0. The molecule has 0 aliphatic carbocycles. The van der Waals surface area contributed by atoms with Crippen molar-refractivity contribution in [2.75, 3.05) is 7.11 Å². The fourth-order valence-electron chi connectivity index (χ4n) is 2.17. The molecule has 0 heterocycles. The summed E-state index contributed by atoms with van der Waals surface area (Å²) in [5.74, 6) is -0.199. The van der Waals surface area contributed by atoms with E-state index in [4.69, 9.17) is 4.74 Å². The molecular formula is C17H19FO2. The summed E-state index contributed by atoms with van der Waals surface area (Å²) >= 11 is 0. The zero-order valence-corrected chi connectivity index (χ0v) is 11.8. The minimum atomic E-state index is -0.720. The lowest BCUT2D eigenvalue weighted by Gasteiger charge is -2.13. The SMILES string of the molecule is CCc1ccc(C(O)Cc2cccc(OC)c2F)cc1. The van der Waals surface area contributed by atoms with Gasteiger partial charge in [0.25, 0.3) is 0 Å². The van der Waals surface area contributed by atoms with Crippen LogP contribution in [0.5, 0.6) is 5.75 Å². The molecule has 1 atom stereocenters. The second-order valence-corrected chi connectivity index (χ2v) is 4.75. The predicted octanol–water partition coefficient (Wildman–Crippen LogP) is 3.67. The second-order valence-electron chi connectivity index (χ2n) is 4.75. The van der Waals surface area contributed by atoms with E-state index in [0.29, 0.717) is 5.56 Å². The van der Waals surface area contributed by atoms with E-state index in [0.717, 1.165) is 12.0 Å². The monoisotopic (exact) mass is 274 g/mol. The van der Waals surface area contributed by atoms with Gasteiger partial charge in [-0.2, -0.15) is 0 Å². The molecule has 0 aromatic heterocycles. The average molecular weight is 274 g/mol. The number of halogens is 1. The summed E-state index contributed by atoms with van der Waals surface area (Å²) in [5.41, 5.74) is 2.47. The summed E-state index contributed by atoms with van der Waals surface area (Å²) in [6, 6.07) is 12.7. The first kappa shape index (κ1) is 14.5.